The van der Waals surface area contributed by atoms with Crippen molar-refractivity contribution in [3.05, 3.63) is 102 Å². The molecule has 7 aromatic carbocycles. The van der Waals surface area contributed by atoms with Gasteiger partial charge in [0, 0.05) is 98.3 Å². The number of fused-ring (bicyclic) bond motifs is 4. The molecule has 2 saturated carbocycles. The number of aryl methyl sites for hydroxylation is 2. The molecule has 2 aliphatic carbocycles. The van der Waals surface area contributed by atoms with E-state index in [0.717, 1.165) is 23.0 Å². The predicted octanol–water partition coefficient (Wildman–Crippen LogP) is 18.5. The van der Waals surface area contributed by atoms with Crippen LogP contribution in [0.3, 0.4) is 0 Å². The molecule has 2 atom stereocenters. The fourth-order valence-electron chi connectivity index (χ4n) is 14.9. The van der Waals surface area contributed by atoms with Crippen molar-refractivity contribution >= 4 is 124 Å². The maximum Gasteiger partial charge on any atom is 0.264 e. The summed E-state index contributed by atoms with van der Waals surface area (Å²) in [5.74, 6) is 4.50. The predicted molar refractivity (Wildman–Crippen MR) is 325 cm³/mol. The van der Waals surface area contributed by atoms with Gasteiger partial charge in [-0.15, -0.1) is 0 Å². The van der Waals surface area contributed by atoms with Crippen molar-refractivity contribution in [1.29, 1.82) is 10.8 Å². The Kier molecular flexibility index (Phi) is 14.3. The number of hydrogen-bond donors (Lipinski definition) is 2. The minimum absolute atomic E-state index is 0.0666. The monoisotopic (exact) mass is 1150 g/mol. The summed E-state index contributed by atoms with van der Waals surface area (Å²) < 4.78 is 26.1. The highest BCUT2D eigenvalue weighted by atomic mass is 35.5. The van der Waals surface area contributed by atoms with E-state index >= 15 is 9.59 Å². The average Bonchev–Trinajstić information content (AvgIpc) is 3.91. The smallest absolute Gasteiger partial charge is 0.264 e. The van der Waals surface area contributed by atoms with Crippen molar-refractivity contribution in [2.24, 2.45) is 35.5 Å². The molecule has 6 aliphatic rings. The number of amidine groups is 2. The highest BCUT2D eigenvalue weighted by Crippen LogP contribution is 2.55. The van der Waals surface area contributed by atoms with E-state index in [-0.39, 0.29) is 54.7 Å². The molecular weight excluding hydrogens is 1090 g/mol. The van der Waals surface area contributed by atoms with Gasteiger partial charge in [0.2, 0.25) is 0 Å². The maximum atomic E-state index is 15.2. The Morgan fingerprint density at radius 3 is 1.09 bits per heavy atom. The molecule has 0 bridgehead atoms. The van der Waals surface area contributed by atoms with E-state index in [1.165, 1.54) is 113 Å². The van der Waals surface area contributed by atoms with E-state index in [1.807, 2.05) is 38.1 Å². The first kappa shape index (κ1) is 53.8. The number of anilines is 2. The molecule has 2 fully saturated rings. The van der Waals surface area contributed by atoms with Gasteiger partial charge in [-0.2, -0.15) is 0 Å². The van der Waals surface area contributed by atoms with Crippen molar-refractivity contribution in [3.8, 4) is 23.0 Å². The fourth-order valence-corrected chi connectivity index (χ4v) is 16.1. The zero-order valence-electron chi connectivity index (χ0n) is 46.1. The van der Waals surface area contributed by atoms with Crippen LogP contribution in [-0.4, -0.2) is 49.9 Å². The van der Waals surface area contributed by atoms with Gasteiger partial charge < -0.3 is 18.9 Å². The molecule has 13 rings (SSSR count). The Bertz CT molecular complexity index is 3360. The second-order valence-corrected chi connectivity index (χ2v) is 25.7. The van der Waals surface area contributed by atoms with Gasteiger partial charge in [0.05, 0.1) is 48.9 Å². The lowest BCUT2D eigenvalue weighted by atomic mass is 9.75. The molecule has 4 heterocycles. The van der Waals surface area contributed by atoms with Crippen LogP contribution in [0.15, 0.2) is 48.5 Å². The van der Waals surface area contributed by atoms with Crippen LogP contribution in [-0.2, 0) is 0 Å². The van der Waals surface area contributed by atoms with Crippen molar-refractivity contribution < 1.29 is 28.5 Å². The molecule has 2 N–H and O–H groups in total. The van der Waals surface area contributed by atoms with Gasteiger partial charge in [-0.05, 0) is 111 Å². The number of carbonyl (C=O) groups excluding carboxylic acids is 2. The molecule has 7 aromatic rings. The summed E-state index contributed by atoms with van der Waals surface area (Å²) in [5, 5.41) is 24.7. The van der Waals surface area contributed by atoms with Crippen LogP contribution >= 0.6 is 46.4 Å². The number of unbranched alkanes of at least 4 members (excludes halogenated alkanes) is 4. The topological polar surface area (TPSA) is 125 Å². The molecule has 80 heavy (non-hydrogen) atoms. The number of amides is 2. The lowest BCUT2D eigenvalue weighted by molar-refractivity contribution is 0.0994. The number of hydrogen-bond acceptors (Lipinski definition) is 8. The number of nitrogens with zero attached hydrogens (tertiary/aromatic N) is 2. The van der Waals surface area contributed by atoms with Gasteiger partial charge in [-0.3, -0.25) is 30.2 Å². The molecule has 10 nitrogen and oxygen atoms in total. The number of nitrogens with one attached hydrogen (secondary N) is 2. The third kappa shape index (κ3) is 8.86. The lowest BCUT2D eigenvalue weighted by Crippen LogP contribution is -2.41. The van der Waals surface area contributed by atoms with Crippen LogP contribution in [0.1, 0.15) is 160 Å². The summed E-state index contributed by atoms with van der Waals surface area (Å²) in [6.45, 7) is 10.5. The number of ether oxygens (including phenoxy) is 4. The second-order valence-electron chi connectivity index (χ2n) is 24.1. The Labute approximate surface area is 488 Å². The molecule has 0 spiro atoms. The quantitative estimate of drug-likeness (QED) is 0.0713. The van der Waals surface area contributed by atoms with E-state index in [2.05, 4.69) is 13.8 Å². The Morgan fingerprint density at radius 1 is 0.425 bits per heavy atom. The van der Waals surface area contributed by atoms with E-state index in [0.29, 0.717) is 127 Å². The molecule has 14 heteroatoms. The SMILES string of the molecule is CCCCCC1CCC(C2COc3cc(C)c(N4C(=N)c5cc(Cl)c6c7c(Cl)cc8c9c(cc(Cl)c(c%10c(Cl)cc(c5c6%10)C4=O)c97)C(=N)N(c4cc5c(cc4C)OCC(C4CCC(CCCCC)CC4)CO5)C8=O)cc3OC2)CC1. The minimum atomic E-state index is -0.442. The number of benzene rings is 7. The van der Waals surface area contributed by atoms with E-state index in [4.69, 9.17) is 65.4 Å². The summed E-state index contributed by atoms with van der Waals surface area (Å²) in [4.78, 5) is 33.2. The normalized spacial score (nSPS) is 23.0. The third-order valence-corrected chi connectivity index (χ3v) is 20.5. The summed E-state index contributed by atoms with van der Waals surface area (Å²) in [7, 11) is 0. The van der Waals surface area contributed by atoms with Gasteiger partial charge in [0.1, 0.15) is 11.7 Å². The number of rotatable bonds is 12. The Balaban J connectivity index is 0.821. The number of halogens is 4. The van der Waals surface area contributed by atoms with Gasteiger partial charge in [-0.1, -0.05) is 137 Å². The summed E-state index contributed by atoms with van der Waals surface area (Å²) >= 11 is 29.9. The molecule has 2 unspecified atom stereocenters. The van der Waals surface area contributed by atoms with Crippen molar-refractivity contribution in [2.75, 3.05) is 36.2 Å². The van der Waals surface area contributed by atoms with E-state index in [9.17, 15) is 10.8 Å². The van der Waals surface area contributed by atoms with Crippen LogP contribution in [0, 0.1) is 60.2 Å². The Hall–Kier alpha value is -5.52. The Morgan fingerprint density at radius 2 is 0.750 bits per heavy atom. The van der Waals surface area contributed by atoms with Crippen LogP contribution < -0.4 is 28.7 Å². The maximum absolute atomic E-state index is 15.2. The molecule has 2 amide bonds. The molecule has 416 valence electrons. The zero-order valence-corrected chi connectivity index (χ0v) is 49.1. The molecule has 0 radical (unpaired) electrons. The molecule has 0 aromatic heterocycles. The molecule has 0 saturated heterocycles. The van der Waals surface area contributed by atoms with Gasteiger partial charge >= 0.3 is 0 Å². The van der Waals surface area contributed by atoms with Crippen LogP contribution in [0.4, 0.5) is 11.4 Å². The first-order valence-corrected chi connectivity index (χ1v) is 30.9. The largest absolute Gasteiger partial charge is 0.489 e. The van der Waals surface area contributed by atoms with E-state index in [1.54, 1.807) is 24.3 Å². The molecule has 4 aliphatic heterocycles. The fraction of sp³-hybridized carbons (Fsp3) is 0.455. The second kappa shape index (κ2) is 21.3. The average molecular weight is 1160 g/mol. The summed E-state index contributed by atoms with van der Waals surface area (Å²) in [6, 6.07) is 14.2. The first-order valence-electron chi connectivity index (χ1n) is 29.4. The highest BCUT2D eigenvalue weighted by molar-refractivity contribution is 6.57. The van der Waals surface area contributed by atoms with Gasteiger partial charge in [-0.25, -0.2) is 0 Å². The lowest BCUT2D eigenvalue weighted by Gasteiger charge is -2.34. The van der Waals surface area contributed by atoms with Crippen LogP contribution in [0.5, 0.6) is 23.0 Å². The summed E-state index contributed by atoms with van der Waals surface area (Å²) in [6.07, 6.45) is 20.1. The van der Waals surface area contributed by atoms with Gasteiger partial charge in [0.25, 0.3) is 11.8 Å². The standard InChI is InChI=1S/C66H68Cl4N4O6/c1-5-7-9-11-35-13-17-37(18-14-35)39-29-77-51-21-33(3)49(27-53(51)79-31-39)73-63(71)41-23-45(67)57-60-48(70)26-44-56-42(24-46(68)58(62(56)60)59-47(69)25-43(65(73)75)55(41)61(57)59)64(72)74(66(44)76)50-28-54-52(22-34(50)4)78-30-40(32-80-54)38-19-15-36(16-20-38)12-10-8-6-2/h21-28,35-40,71-72H,5-20,29-32H2,1-4H3. The zero-order chi connectivity index (χ0) is 55.4. The van der Waals surface area contributed by atoms with Crippen molar-refractivity contribution in [2.45, 2.75) is 130 Å². The summed E-state index contributed by atoms with van der Waals surface area (Å²) in [5.41, 5.74) is 3.88. The molecular formula is C66H68Cl4N4O6. The van der Waals surface area contributed by atoms with Crippen molar-refractivity contribution in [1.82, 2.24) is 0 Å². The third-order valence-electron chi connectivity index (χ3n) is 19.3. The van der Waals surface area contributed by atoms with Gasteiger partial charge in [0.15, 0.2) is 23.0 Å². The number of carbonyl (C=O) groups is 2. The minimum Gasteiger partial charge on any atom is -0.489 e. The van der Waals surface area contributed by atoms with E-state index < -0.39 is 11.8 Å². The highest BCUT2D eigenvalue weighted by Gasteiger charge is 2.41. The van der Waals surface area contributed by atoms with Crippen molar-refractivity contribution in [3.63, 3.8) is 0 Å². The van der Waals surface area contributed by atoms with Crippen LogP contribution in [0.25, 0.3) is 43.1 Å². The first-order chi connectivity index (χ1) is 38.7. The van der Waals surface area contributed by atoms with Crippen LogP contribution in [0.2, 0.25) is 20.1 Å².